The summed E-state index contributed by atoms with van der Waals surface area (Å²) in [5.41, 5.74) is 2.35. The topological polar surface area (TPSA) is 154 Å². The number of rotatable bonds is 47. The van der Waals surface area contributed by atoms with Crippen molar-refractivity contribution in [1.82, 2.24) is 0 Å². The monoisotopic (exact) mass is 903 g/mol. The molecule has 2 aromatic carbocycles. The lowest BCUT2D eigenvalue weighted by Crippen LogP contribution is -2.16. The maximum absolute atomic E-state index is 12.1. The van der Waals surface area contributed by atoms with Crippen LogP contribution in [0, 0.1) is 6.92 Å². The molecule has 0 fully saturated rings. The first kappa shape index (κ1) is 55.8. The molecule has 16 heteroatoms. The molecule has 0 spiro atoms. The van der Waals surface area contributed by atoms with E-state index in [-0.39, 0.29) is 18.1 Å². The van der Waals surface area contributed by atoms with Crippen molar-refractivity contribution in [2.75, 3.05) is 159 Å². The van der Waals surface area contributed by atoms with Crippen molar-refractivity contribution in [1.29, 1.82) is 0 Å². The van der Waals surface area contributed by atoms with E-state index in [1.54, 1.807) is 12.1 Å². The Balaban J connectivity index is 1.17. The second kappa shape index (κ2) is 41.4. The van der Waals surface area contributed by atoms with Gasteiger partial charge < -0.3 is 56.8 Å². The average Bonchev–Trinajstić information content (AvgIpc) is 3.27. The minimum atomic E-state index is -3.78. The quantitative estimate of drug-likeness (QED) is 0.0543. The number of hydrogen-bond acceptors (Lipinski definition) is 15. The second-order valence-electron chi connectivity index (χ2n) is 14.2. The van der Waals surface area contributed by atoms with E-state index in [1.807, 2.05) is 19.1 Å². The van der Waals surface area contributed by atoms with Crippen LogP contribution in [0.2, 0.25) is 0 Å². The molecule has 0 radical (unpaired) electrons. The molecule has 0 N–H and O–H groups in total. The zero-order chi connectivity index (χ0) is 44.3. The maximum Gasteiger partial charge on any atom is 0.297 e. The Hall–Kier alpha value is -2.29. The second-order valence-corrected chi connectivity index (χ2v) is 15.8. The van der Waals surface area contributed by atoms with E-state index < -0.39 is 10.1 Å². The zero-order valence-corrected chi connectivity index (χ0v) is 38.6. The number of hydrogen-bond donors (Lipinski definition) is 0. The van der Waals surface area contributed by atoms with E-state index in [4.69, 9.17) is 61.0 Å². The van der Waals surface area contributed by atoms with Gasteiger partial charge in [0.05, 0.1) is 157 Å². The van der Waals surface area contributed by atoms with Crippen molar-refractivity contribution in [3.05, 3.63) is 59.7 Å². The molecule has 0 atom stereocenters. The third kappa shape index (κ3) is 34.2. The SMILES string of the molecule is CCCCCCCCCc1ccc(OCCOCCOCCOCCOCCOCCOCCOCCOCCOCCOCCOCCOS(=O)(=O)c2ccc(C)cc2)cc1. The highest BCUT2D eigenvalue weighted by Gasteiger charge is 2.14. The summed E-state index contributed by atoms with van der Waals surface area (Å²) in [6.45, 7) is 14.6. The van der Waals surface area contributed by atoms with Crippen molar-refractivity contribution in [2.45, 2.75) is 70.1 Å². The van der Waals surface area contributed by atoms with Gasteiger partial charge in [0, 0.05) is 0 Å². The molecule has 0 aliphatic rings. The summed E-state index contributed by atoms with van der Waals surface area (Å²) in [6, 6.07) is 14.9. The summed E-state index contributed by atoms with van der Waals surface area (Å²) >= 11 is 0. The first-order chi connectivity index (χ1) is 30.5. The highest BCUT2D eigenvalue weighted by atomic mass is 32.2. The molecule has 0 aliphatic heterocycles. The van der Waals surface area contributed by atoms with Crippen LogP contribution < -0.4 is 4.74 Å². The van der Waals surface area contributed by atoms with Crippen molar-refractivity contribution >= 4 is 10.1 Å². The number of unbranched alkanes of at least 4 members (excludes halogenated alkanes) is 6. The molecule has 0 saturated heterocycles. The first-order valence-electron chi connectivity index (χ1n) is 22.5. The summed E-state index contributed by atoms with van der Waals surface area (Å²) < 4.78 is 95.5. The van der Waals surface area contributed by atoms with Crippen LogP contribution in [0.4, 0.5) is 0 Å². The maximum atomic E-state index is 12.1. The lowest BCUT2D eigenvalue weighted by atomic mass is 10.0. The van der Waals surface area contributed by atoms with E-state index in [0.29, 0.717) is 145 Å². The lowest BCUT2D eigenvalue weighted by Gasteiger charge is -2.09. The lowest BCUT2D eigenvalue weighted by molar-refractivity contribution is -0.0279. The molecule has 0 amide bonds. The molecule has 62 heavy (non-hydrogen) atoms. The van der Waals surface area contributed by atoms with Crippen molar-refractivity contribution in [3.8, 4) is 5.75 Å². The molecule has 15 nitrogen and oxygen atoms in total. The van der Waals surface area contributed by atoms with Crippen LogP contribution in [0.1, 0.15) is 63.0 Å². The summed E-state index contributed by atoms with van der Waals surface area (Å²) in [5.74, 6) is 0.880. The predicted molar refractivity (Wildman–Crippen MR) is 237 cm³/mol. The smallest absolute Gasteiger partial charge is 0.297 e. The van der Waals surface area contributed by atoms with E-state index in [0.717, 1.165) is 17.7 Å². The predicted octanol–water partition coefficient (Wildman–Crippen LogP) is 6.26. The van der Waals surface area contributed by atoms with Crippen molar-refractivity contribution < 1.29 is 69.4 Å². The van der Waals surface area contributed by atoms with Crippen LogP contribution >= 0.6 is 0 Å². The van der Waals surface area contributed by atoms with E-state index in [1.165, 1.54) is 62.6 Å². The Morgan fingerprint density at radius 3 is 1.06 bits per heavy atom. The van der Waals surface area contributed by atoms with Gasteiger partial charge in [0.25, 0.3) is 10.1 Å². The van der Waals surface area contributed by atoms with Crippen LogP contribution in [0.5, 0.6) is 5.75 Å². The summed E-state index contributed by atoms with van der Waals surface area (Å²) in [4.78, 5) is 0.127. The normalized spacial score (nSPS) is 11.8. The van der Waals surface area contributed by atoms with Gasteiger partial charge in [-0.05, 0) is 49.6 Å². The van der Waals surface area contributed by atoms with Gasteiger partial charge >= 0.3 is 0 Å². The summed E-state index contributed by atoms with van der Waals surface area (Å²) in [7, 11) is -3.78. The third-order valence-corrected chi connectivity index (χ3v) is 10.3. The highest BCUT2D eigenvalue weighted by molar-refractivity contribution is 7.86. The Bertz CT molecular complexity index is 1350. The molecule has 0 aromatic heterocycles. The number of ether oxygens (including phenoxy) is 12. The molecule has 0 unspecified atom stereocenters. The molecular formula is C46H78O15S. The van der Waals surface area contributed by atoms with E-state index >= 15 is 0 Å². The van der Waals surface area contributed by atoms with Gasteiger partial charge in [-0.15, -0.1) is 0 Å². The van der Waals surface area contributed by atoms with Crippen LogP contribution in [0.3, 0.4) is 0 Å². The molecule has 2 aromatic rings. The van der Waals surface area contributed by atoms with Crippen LogP contribution in [0.15, 0.2) is 53.4 Å². The molecule has 0 bridgehead atoms. The molecular weight excluding hydrogens is 825 g/mol. The molecule has 0 heterocycles. The molecule has 358 valence electrons. The van der Waals surface area contributed by atoms with Gasteiger partial charge in [-0.25, -0.2) is 0 Å². The Morgan fingerprint density at radius 1 is 0.371 bits per heavy atom. The van der Waals surface area contributed by atoms with Gasteiger partial charge in [-0.1, -0.05) is 75.3 Å². The molecule has 2 rings (SSSR count). The van der Waals surface area contributed by atoms with Crippen molar-refractivity contribution in [2.24, 2.45) is 0 Å². The van der Waals surface area contributed by atoms with Crippen LogP contribution in [-0.4, -0.2) is 167 Å². The van der Waals surface area contributed by atoms with Gasteiger partial charge in [-0.2, -0.15) is 8.42 Å². The van der Waals surface area contributed by atoms with E-state index in [2.05, 4.69) is 19.1 Å². The Labute approximate surface area is 372 Å². The third-order valence-electron chi connectivity index (χ3n) is 8.98. The fraction of sp³-hybridized carbons (Fsp3) is 0.739. The fourth-order valence-corrected chi connectivity index (χ4v) is 6.43. The largest absolute Gasteiger partial charge is 0.491 e. The Kier molecular flexibility index (Phi) is 37.3. The first-order valence-corrected chi connectivity index (χ1v) is 23.9. The van der Waals surface area contributed by atoms with Gasteiger partial charge in [0.1, 0.15) is 12.4 Å². The minimum Gasteiger partial charge on any atom is -0.491 e. The average molecular weight is 903 g/mol. The standard InChI is InChI=1S/C46H78O15S/c1-3-4-5-6-7-8-9-10-44-13-15-45(16-14-44)60-41-39-58-37-35-56-33-31-54-29-27-52-25-23-50-21-19-49-20-22-51-24-26-53-28-30-55-32-34-57-36-38-59-40-42-61-62(47,48)46-17-11-43(2)12-18-46/h11-18H,3-10,19-42H2,1-2H3. The highest BCUT2D eigenvalue weighted by Crippen LogP contribution is 2.16. The number of benzene rings is 2. The Morgan fingerprint density at radius 2 is 0.694 bits per heavy atom. The summed E-state index contributed by atoms with van der Waals surface area (Å²) in [6.07, 6.45) is 10.5. The van der Waals surface area contributed by atoms with Crippen LogP contribution in [-0.2, 0) is 72.8 Å². The van der Waals surface area contributed by atoms with Crippen LogP contribution in [0.25, 0.3) is 0 Å². The molecule has 0 aliphatic carbocycles. The van der Waals surface area contributed by atoms with Gasteiger partial charge in [0.2, 0.25) is 0 Å². The van der Waals surface area contributed by atoms with Gasteiger partial charge in [-0.3, -0.25) is 4.18 Å². The van der Waals surface area contributed by atoms with E-state index in [9.17, 15) is 8.42 Å². The van der Waals surface area contributed by atoms with Gasteiger partial charge in [0.15, 0.2) is 0 Å². The van der Waals surface area contributed by atoms with Crippen molar-refractivity contribution in [3.63, 3.8) is 0 Å². The summed E-state index contributed by atoms with van der Waals surface area (Å²) in [5, 5.41) is 0. The number of aryl methyl sites for hydroxylation is 2. The minimum absolute atomic E-state index is 0.0617. The molecule has 0 saturated carbocycles. The fourth-order valence-electron chi connectivity index (χ4n) is 5.53. The zero-order valence-electron chi connectivity index (χ0n) is 37.8.